The number of β-lactam (4-membered cyclic amide) rings is 1. The first-order chi connectivity index (χ1) is 14.0. The summed E-state index contributed by atoms with van der Waals surface area (Å²) in [6.45, 7) is 0. The van der Waals surface area contributed by atoms with E-state index < -0.39 is 22.8 Å². The molecule has 0 aliphatic carbocycles. The number of fused-ring (bicyclic) bond motifs is 1. The van der Waals surface area contributed by atoms with E-state index in [0.29, 0.717) is 10.8 Å². The summed E-state index contributed by atoms with van der Waals surface area (Å²) in [6.07, 6.45) is 6.39. The molecule has 0 aromatic carbocycles. The van der Waals surface area contributed by atoms with Crippen LogP contribution in [0.4, 0.5) is 0 Å². The van der Waals surface area contributed by atoms with Gasteiger partial charge in [0.1, 0.15) is 16.1 Å². The van der Waals surface area contributed by atoms with Gasteiger partial charge in [-0.2, -0.15) is 0 Å². The SMILES string of the molecule is O=C(Cc1cccs1)NC1(CSc2cnccn2)C(=O)N2C(C(=O)O)=CCS[C@H]21. The first-order valence-electron chi connectivity index (χ1n) is 8.62. The molecule has 1 saturated heterocycles. The highest BCUT2D eigenvalue weighted by atomic mass is 32.2. The second-order valence-corrected chi connectivity index (χ2v) is 9.50. The van der Waals surface area contributed by atoms with Crippen LogP contribution >= 0.6 is 34.9 Å². The number of thioether (sulfide) groups is 2. The monoisotopic (exact) mass is 448 g/mol. The molecule has 2 atom stereocenters. The fraction of sp³-hybridized carbons (Fsp3) is 0.278. The van der Waals surface area contributed by atoms with Crippen molar-refractivity contribution in [2.45, 2.75) is 22.4 Å². The number of aliphatic carboxylic acids is 1. The lowest BCUT2D eigenvalue weighted by Crippen LogP contribution is -2.81. The van der Waals surface area contributed by atoms with Crippen LogP contribution < -0.4 is 5.32 Å². The number of carbonyl (C=O) groups excluding carboxylic acids is 2. The van der Waals surface area contributed by atoms with Gasteiger partial charge in [-0.25, -0.2) is 9.78 Å². The molecule has 2 aliphatic heterocycles. The van der Waals surface area contributed by atoms with E-state index in [1.54, 1.807) is 18.6 Å². The zero-order chi connectivity index (χ0) is 20.4. The Morgan fingerprint density at radius 1 is 1.41 bits per heavy atom. The van der Waals surface area contributed by atoms with Crippen molar-refractivity contribution in [2.75, 3.05) is 11.5 Å². The minimum absolute atomic E-state index is 0.0358. The maximum atomic E-state index is 13.1. The first kappa shape index (κ1) is 19.9. The van der Waals surface area contributed by atoms with Crippen LogP contribution in [0, 0.1) is 0 Å². The fourth-order valence-electron chi connectivity index (χ4n) is 3.24. The van der Waals surface area contributed by atoms with E-state index >= 15 is 0 Å². The maximum Gasteiger partial charge on any atom is 0.352 e. The third-order valence-corrected chi connectivity index (χ3v) is 7.80. The van der Waals surface area contributed by atoms with E-state index in [4.69, 9.17) is 0 Å². The Morgan fingerprint density at radius 2 is 2.28 bits per heavy atom. The number of carbonyl (C=O) groups is 3. The second kappa shape index (κ2) is 8.17. The quantitative estimate of drug-likeness (QED) is 0.485. The molecule has 1 unspecified atom stereocenters. The molecule has 29 heavy (non-hydrogen) atoms. The minimum atomic E-state index is -1.20. The number of carboxylic acids is 1. The van der Waals surface area contributed by atoms with Gasteiger partial charge in [0.05, 0.1) is 12.6 Å². The molecule has 4 rings (SSSR count). The summed E-state index contributed by atoms with van der Waals surface area (Å²) in [5.74, 6) is -1.15. The van der Waals surface area contributed by atoms with Gasteiger partial charge in [-0.15, -0.1) is 34.9 Å². The molecule has 1 fully saturated rings. The van der Waals surface area contributed by atoms with Gasteiger partial charge in [0.2, 0.25) is 5.91 Å². The molecule has 2 aromatic rings. The van der Waals surface area contributed by atoms with E-state index in [9.17, 15) is 19.5 Å². The summed E-state index contributed by atoms with van der Waals surface area (Å²) < 4.78 is 0. The number of nitrogens with one attached hydrogen (secondary N) is 1. The van der Waals surface area contributed by atoms with Crippen molar-refractivity contribution < 1.29 is 19.5 Å². The summed E-state index contributed by atoms with van der Waals surface area (Å²) in [7, 11) is 0. The highest BCUT2D eigenvalue weighted by Crippen LogP contribution is 2.46. The average Bonchev–Trinajstić information content (AvgIpc) is 3.23. The molecule has 4 heterocycles. The number of nitrogens with zero attached hydrogens (tertiary/aromatic N) is 3. The highest BCUT2D eigenvalue weighted by Gasteiger charge is 2.64. The molecule has 0 saturated carbocycles. The summed E-state index contributed by atoms with van der Waals surface area (Å²) in [4.78, 5) is 47.8. The number of hydrogen-bond acceptors (Lipinski definition) is 8. The lowest BCUT2D eigenvalue weighted by Gasteiger charge is -2.56. The van der Waals surface area contributed by atoms with Gasteiger partial charge in [0, 0.05) is 28.8 Å². The number of hydrogen-bond donors (Lipinski definition) is 2. The van der Waals surface area contributed by atoms with Crippen LogP contribution in [0.1, 0.15) is 4.88 Å². The molecular formula is C18H16N4O4S3. The first-order valence-corrected chi connectivity index (χ1v) is 11.5. The molecule has 11 heteroatoms. The molecule has 150 valence electrons. The smallest absolute Gasteiger partial charge is 0.352 e. The van der Waals surface area contributed by atoms with Crippen molar-refractivity contribution >= 4 is 52.6 Å². The Balaban J connectivity index is 1.58. The van der Waals surface area contributed by atoms with Gasteiger partial charge in [0.15, 0.2) is 5.54 Å². The summed E-state index contributed by atoms with van der Waals surface area (Å²) in [6, 6.07) is 3.73. The van der Waals surface area contributed by atoms with Gasteiger partial charge < -0.3 is 10.4 Å². The number of aromatic nitrogens is 2. The zero-order valence-electron chi connectivity index (χ0n) is 15.0. The lowest BCUT2D eigenvalue weighted by molar-refractivity contribution is -0.157. The minimum Gasteiger partial charge on any atom is -0.477 e. The van der Waals surface area contributed by atoms with E-state index in [-0.39, 0.29) is 23.8 Å². The van der Waals surface area contributed by atoms with Crippen LogP contribution in [-0.2, 0) is 20.8 Å². The lowest BCUT2D eigenvalue weighted by atomic mass is 9.88. The Labute approximate surface area is 178 Å². The van der Waals surface area contributed by atoms with E-state index in [2.05, 4.69) is 15.3 Å². The van der Waals surface area contributed by atoms with Crippen LogP contribution in [0.25, 0.3) is 0 Å². The van der Waals surface area contributed by atoms with Crippen LogP contribution in [0.15, 0.2) is 52.9 Å². The van der Waals surface area contributed by atoms with E-state index in [1.165, 1.54) is 45.8 Å². The molecule has 2 N–H and O–H groups in total. The highest BCUT2D eigenvalue weighted by molar-refractivity contribution is 8.01. The Morgan fingerprint density at radius 3 is 2.97 bits per heavy atom. The van der Waals surface area contributed by atoms with Crippen molar-refractivity contribution in [2.24, 2.45) is 0 Å². The van der Waals surface area contributed by atoms with Gasteiger partial charge in [-0.1, -0.05) is 6.07 Å². The summed E-state index contributed by atoms with van der Waals surface area (Å²) in [5, 5.41) is 14.4. The zero-order valence-corrected chi connectivity index (χ0v) is 17.4. The van der Waals surface area contributed by atoms with Gasteiger partial charge in [0.25, 0.3) is 5.91 Å². The van der Waals surface area contributed by atoms with Crippen LogP contribution in [0.3, 0.4) is 0 Å². The summed E-state index contributed by atoms with van der Waals surface area (Å²) >= 11 is 4.21. The molecule has 2 amide bonds. The standard InChI is InChI=1S/C18H16N4O4S3/c23-13(8-11-2-1-6-27-11)21-18(10-29-14-9-19-4-5-20-14)16(26)22-12(15(24)25)3-7-28-17(18)22/h1-6,9,17H,7-8,10H2,(H,21,23)(H,24,25)/t17-,18?/m0/s1. The predicted octanol–water partition coefficient (Wildman–Crippen LogP) is 1.61. The average molecular weight is 449 g/mol. The normalized spacial score (nSPS) is 23.0. The van der Waals surface area contributed by atoms with Crippen molar-refractivity contribution in [3.63, 3.8) is 0 Å². The van der Waals surface area contributed by atoms with E-state index in [0.717, 1.165) is 4.88 Å². The van der Waals surface area contributed by atoms with Crippen molar-refractivity contribution in [3.05, 3.63) is 52.8 Å². The molecule has 2 aromatic heterocycles. The number of amides is 2. The molecule has 8 nitrogen and oxygen atoms in total. The Bertz CT molecular complexity index is 967. The number of rotatable bonds is 7. The third kappa shape index (κ3) is 3.77. The Kier molecular flexibility index (Phi) is 5.61. The molecule has 0 spiro atoms. The third-order valence-electron chi connectivity index (χ3n) is 4.53. The van der Waals surface area contributed by atoms with Gasteiger partial charge >= 0.3 is 5.97 Å². The largest absolute Gasteiger partial charge is 0.477 e. The molecule has 0 radical (unpaired) electrons. The molecular weight excluding hydrogens is 432 g/mol. The van der Waals surface area contributed by atoms with Crippen molar-refractivity contribution in [1.82, 2.24) is 20.2 Å². The van der Waals surface area contributed by atoms with Crippen molar-refractivity contribution in [1.29, 1.82) is 0 Å². The van der Waals surface area contributed by atoms with Gasteiger partial charge in [-0.05, 0) is 17.5 Å². The molecule has 0 bridgehead atoms. The van der Waals surface area contributed by atoms with Crippen molar-refractivity contribution in [3.8, 4) is 0 Å². The maximum absolute atomic E-state index is 13.1. The molecule has 2 aliphatic rings. The number of thiophene rings is 1. The van der Waals surface area contributed by atoms with E-state index in [1.807, 2.05) is 17.5 Å². The van der Waals surface area contributed by atoms with Crippen LogP contribution in [-0.4, -0.2) is 60.2 Å². The topological polar surface area (TPSA) is 112 Å². The van der Waals surface area contributed by atoms with Gasteiger partial charge in [-0.3, -0.25) is 19.5 Å². The van der Waals surface area contributed by atoms with Crippen LogP contribution in [0.2, 0.25) is 0 Å². The number of carboxylic acid groups (broad SMARTS) is 1. The summed E-state index contributed by atoms with van der Waals surface area (Å²) in [5.41, 5.74) is -1.23. The fourth-order valence-corrected chi connectivity index (χ4v) is 6.37. The second-order valence-electron chi connectivity index (χ2n) is 6.36. The van der Waals surface area contributed by atoms with Crippen LogP contribution in [0.5, 0.6) is 0 Å². The predicted molar refractivity (Wildman–Crippen MR) is 110 cm³/mol. The Hall–Kier alpha value is -2.37.